The van der Waals surface area contributed by atoms with E-state index in [1.807, 2.05) is 56.3 Å². The van der Waals surface area contributed by atoms with Gasteiger partial charge in [0, 0.05) is 29.0 Å². The molecule has 0 bridgehead atoms. The molecule has 1 aliphatic carbocycles. The highest BCUT2D eigenvalue weighted by Gasteiger charge is 2.42. The van der Waals surface area contributed by atoms with Crippen LogP contribution in [0.4, 0.5) is 0 Å². The summed E-state index contributed by atoms with van der Waals surface area (Å²) in [6.45, 7) is 4.12. The number of para-hydroxylation sites is 1. The highest BCUT2D eigenvalue weighted by molar-refractivity contribution is 6.04. The second-order valence-corrected chi connectivity index (χ2v) is 9.01. The van der Waals surface area contributed by atoms with E-state index in [2.05, 4.69) is 5.32 Å². The third kappa shape index (κ3) is 4.70. The molecule has 7 heteroatoms. The smallest absolute Gasteiger partial charge is 0.336 e. The summed E-state index contributed by atoms with van der Waals surface area (Å²) < 4.78 is 22.0. The summed E-state index contributed by atoms with van der Waals surface area (Å²) >= 11 is 0. The normalized spacial score (nSPS) is 19.4. The molecule has 0 saturated carbocycles. The molecular weight excluding hydrogens is 458 g/mol. The van der Waals surface area contributed by atoms with Gasteiger partial charge < -0.3 is 24.3 Å². The second-order valence-electron chi connectivity index (χ2n) is 9.01. The predicted molar refractivity (Wildman–Crippen MR) is 136 cm³/mol. The van der Waals surface area contributed by atoms with Gasteiger partial charge in [0.1, 0.15) is 5.75 Å². The number of carbonyl (C=O) groups is 2. The molecule has 2 aromatic carbocycles. The molecule has 1 aliphatic heterocycles. The van der Waals surface area contributed by atoms with Crippen LogP contribution in [0.15, 0.2) is 65.0 Å². The van der Waals surface area contributed by atoms with Crippen molar-refractivity contribution in [3.8, 4) is 17.2 Å². The maximum Gasteiger partial charge on any atom is 0.336 e. The lowest BCUT2D eigenvalue weighted by molar-refractivity contribution is -0.139. The third-order valence-corrected chi connectivity index (χ3v) is 6.81. The van der Waals surface area contributed by atoms with E-state index in [-0.39, 0.29) is 11.7 Å². The molecule has 1 N–H and O–H groups in total. The van der Waals surface area contributed by atoms with E-state index in [0.717, 1.165) is 16.8 Å². The van der Waals surface area contributed by atoms with Gasteiger partial charge in [0.2, 0.25) is 0 Å². The SMILES string of the molecule is CCCOC(=O)C1=C(C)NC2=C(C(=O)C[C@H](c3ccc(OC)c(OC)c3)C2)[C@H]1c1ccccc1OC. The first-order chi connectivity index (χ1) is 17.4. The van der Waals surface area contributed by atoms with Crippen molar-refractivity contribution in [1.29, 1.82) is 0 Å². The van der Waals surface area contributed by atoms with Crippen molar-refractivity contribution in [2.45, 2.75) is 44.9 Å². The summed E-state index contributed by atoms with van der Waals surface area (Å²) in [5.41, 5.74) is 4.33. The number of hydrogen-bond acceptors (Lipinski definition) is 7. The number of allylic oxidation sites excluding steroid dienone is 3. The Morgan fingerprint density at radius 3 is 2.39 bits per heavy atom. The van der Waals surface area contributed by atoms with Gasteiger partial charge in [-0.1, -0.05) is 31.2 Å². The van der Waals surface area contributed by atoms with Gasteiger partial charge in [-0.05, 0) is 49.4 Å². The largest absolute Gasteiger partial charge is 0.496 e. The minimum absolute atomic E-state index is 0.00673. The molecule has 0 unspecified atom stereocenters. The van der Waals surface area contributed by atoms with E-state index in [9.17, 15) is 9.59 Å². The lowest BCUT2D eigenvalue weighted by atomic mass is 9.71. The number of dihydropyridines is 1. The van der Waals surface area contributed by atoms with Gasteiger partial charge in [-0.15, -0.1) is 0 Å². The summed E-state index contributed by atoms with van der Waals surface area (Å²) in [7, 11) is 4.79. The average molecular weight is 492 g/mol. The first-order valence-electron chi connectivity index (χ1n) is 12.2. The van der Waals surface area contributed by atoms with Crippen molar-refractivity contribution in [2.75, 3.05) is 27.9 Å². The number of methoxy groups -OCH3 is 3. The van der Waals surface area contributed by atoms with Crippen LogP contribution in [0.2, 0.25) is 0 Å². The van der Waals surface area contributed by atoms with Crippen molar-refractivity contribution in [2.24, 2.45) is 0 Å². The van der Waals surface area contributed by atoms with Crippen molar-refractivity contribution in [1.82, 2.24) is 5.32 Å². The number of benzene rings is 2. The number of rotatable bonds is 8. The molecule has 0 radical (unpaired) electrons. The Hall–Kier alpha value is -3.74. The average Bonchev–Trinajstić information content (AvgIpc) is 2.90. The van der Waals surface area contributed by atoms with Gasteiger partial charge in [0.25, 0.3) is 0 Å². The predicted octanol–water partition coefficient (Wildman–Crippen LogP) is 5.03. The fourth-order valence-electron chi connectivity index (χ4n) is 5.14. The number of esters is 1. The first-order valence-corrected chi connectivity index (χ1v) is 12.2. The Balaban J connectivity index is 1.79. The standard InChI is InChI=1S/C29H33NO6/c1-6-13-36-29(32)26-17(2)30-21-14-19(18-11-12-24(34-4)25(16-18)35-5)15-22(31)28(21)27(26)20-9-7-8-10-23(20)33-3/h7-12,16,19,27,30H,6,13-15H2,1-5H3/t19-,27+/m1/s1. The zero-order valence-electron chi connectivity index (χ0n) is 21.5. The first kappa shape index (κ1) is 25.4. The number of ether oxygens (including phenoxy) is 4. The zero-order valence-corrected chi connectivity index (χ0v) is 21.5. The Kier molecular flexibility index (Phi) is 7.67. The van der Waals surface area contributed by atoms with Gasteiger partial charge in [-0.3, -0.25) is 4.79 Å². The minimum atomic E-state index is -0.569. The summed E-state index contributed by atoms with van der Waals surface area (Å²) in [5.74, 6) is 0.863. The molecule has 0 spiro atoms. The zero-order chi connectivity index (χ0) is 25.8. The van der Waals surface area contributed by atoms with Crippen molar-refractivity contribution < 1.29 is 28.5 Å². The fraction of sp³-hybridized carbons (Fsp3) is 0.379. The molecule has 0 aromatic heterocycles. The topological polar surface area (TPSA) is 83.1 Å². The van der Waals surface area contributed by atoms with E-state index < -0.39 is 11.9 Å². The van der Waals surface area contributed by atoms with E-state index in [1.54, 1.807) is 21.3 Å². The van der Waals surface area contributed by atoms with E-state index in [0.29, 0.717) is 60.0 Å². The van der Waals surface area contributed by atoms with Crippen LogP contribution in [0, 0.1) is 0 Å². The van der Waals surface area contributed by atoms with Crippen LogP contribution >= 0.6 is 0 Å². The van der Waals surface area contributed by atoms with Crippen LogP contribution in [0.3, 0.4) is 0 Å². The van der Waals surface area contributed by atoms with E-state index in [4.69, 9.17) is 18.9 Å². The Bertz CT molecular complexity index is 1230. The molecule has 0 amide bonds. The highest BCUT2D eigenvalue weighted by Crippen LogP contribution is 2.48. The maximum atomic E-state index is 13.8. The molecule has 7 nitrogen and oxygen atoms in total. The van der Waals surface area contributed by atoms with Crippen molar-refractivity contribution >= 4 is 11.8 Å². The lowest BCUT2D eigenvalue weighted by Crippen LogP contribution is -2.36. The monoisotopic (exact) mass is 491 g/mol. The van der Waals surface area contributed by atoms with Gasteiger partial charge in [0.15, 0.2) is 17.3 Å². The number of ketones is 1. The quantitative estimate of drug-likeness (QED) is 0.519. The molecule has 2 aromatic rings. The van der Waals surface area contributed by atoms with Crippen LogP contribution in [-0.2, 0) is 14.3 Å². The molecule has 36 heavy (non-hydrogen) atoms. The summed E-state index contributed by atoms with van der Waals surface area (Å²) in [6.07, 6.45) is 1.65. The Morgan fingerprint density at radius 2 is 1.69 bits per heavy atom. The van der Waals surface area contributed by atoms with Crippen molar-refractivity contribution in [3.05, 3.63) is 76.1 Å². The summed E-state index contributed by atoms with van der Waals surface area (Å²) in [6, 6.07) is 13.3. The van der Waals surface area contributed by atoms with Crippen molar-refractivity contribution in [3.63, 3.8) is 0 Å². The fourth-order valence-corrected chi connectivity index (χ4v) is 5.14. The summed E-state index contributed by atoms with van der Waals surface area (Å²) in [4.78, 5) is 27.0. The summed E-state index contributed by atoms with van der Waals surface area (Å²) in [5, 5.41) is 3.39. The molecule has 190 valence electrons. The van der Waals surface area contributed by atoms with E-state index >= 15 is 0 Å². The van der Waals surface area contributed by atoms with Crippen LogP contribution in [-0.4, -0.2) is 39.7 Å². The van der Waals surface area contributed by atoms with Crippen LogP contribution in [0.5, 0.6) is 17.2 Å². The number of nitrogens with one attached hydrogen (secondary N) is 1. The van der Waals surface area contributed by atoms with Crippen LogP contribution in [0.1, 0.15) is 56.1 Å². The Labute approximate surface area is 212 Å². The maximum absolute atomic E-state index is 13.8. The Morgan fingerprint density at radius 1 is 0.972 bits per heavy atom. The number of Topliss-reactive ketones (excluding diaryl/α,β-unsaturated/α-hetero) is 1. The molecule has 2 atom stereocenters. The highest BCUT2D eigenvalue weighted by atomic mass is 16.5. The molecule has 1 heterocycles. The number of hydrogen-bond donors (Lipinski definition) is 1. The second kappa shape index (κ2) is 10.9. The lowest BCUT2D eigenvalue weighted by Gasteiger charge is -2.37. The van der Waals surface area contributed by atoms with Gasteiger partial charge in [-0.2, -0.15) is 0 Å². The van der Waals surface area contributed by atoms with Crippen LogP contribution in [0.25, 0.3) is 0 Å². The van der Waals surface area contributed by atoms with Gasteiger partial charge in [-0.25, -0.2) is 4.79 Å². The molecule has 0 fully saturated rings. The van der Waals surface area contributed by atoms with Gasteiger partial charge in [0.05, 0.1) is 39.4 Å². The number of carbonyl (C=O) groups excluding carboxylic acids is 2. The molecule has 0 saturated heterocycles. The van der Waals surface area contributed by atoms with E-state index in [1.165, 1.54) is 0 Å². The van der Waals surface area contributed by atoms with Crippen LogP contribution < -0.4 is 19.5 Å². The third-order valence-electron chi connectivity index (χ3n) is 6.81. The van der Waals surface area contributed by atoms with Gasteiger partial charge >= 0.3 is 5.97 Å². The minimum Gasteiger partial charge on any atom is -0.496 e. The molecule has 4 rings (SSSR count). The molecule has 2 aliphatic rings. The molecular formula is C29H33NO6.